The first kappa shape index (κ1) is 16.0. The summed E-state index contributed by atoms with van der Waals surface area (Å²) in [7, 11) is 0. The zero-order valence-electron chi connectivity index (χ0n) is 11.2. The van der Waals surface area contributed by atoms with Crippen LogP contribution in [0, 0.1) is 11.3 Å². The Morgan fingerprint density at radius 1 is 1.24 bits per heavy atom. The fraction of sp³-hybridized carbons (Fsp3) is 0.250. The number of carbonyl (C=O) groups excluding carboxylic acids is 1. The van der Waals surface area contributed by atoms with Gasteiger partial charge in [0.05, 0.1) is 6.07 Å². The summed E-state index contributed by atoms with van der Waals surface area (Å²) in [5, 5.41) is 12.0. The molecule has 2 nitrogen and oxygen atoms in total. The van der Waals surface area contributed by atoms with Gasteiger partial charge in [-0.25, -0.2) is 0 Å². The van der Waals surface area contributed by atoms with Crippen molar-refractivity contribution in [1.82, 2.24) is 0 Å². The van der Waals surface area contributed by atoms with Gasteiger partial charge in [0.25, 0.3) is 0 Å². The predicted molar refractivity (Wildman–Crippen MR) is 87.1 cm³/mol. The van der Waals surface area contributed by atoms with Crippen molar-refractivity contribution in [2.45, 2.75) is 25.2 Å². The van der Waals surface area contributed by atoms with E-state index in [0.717, 1.165) is 12.8 Å². The Balaban J connectivity index is 2.04. The van der Waals surface area contributed by atoms with Gasteiger partial charge < -0.3 is 0 Å². The Morgan fingerprint density at radius 3 is 2.52 bits per heavy atom. The lowest BCUT2D eigenvalue weighted by Gasteiger charge is -2.12. The maximum absolute atomic E-state index is 12.3. The van der Waals surface area contributed by atoms with Crippen LogP contribution in [-0.2, 0) is 11.2 Å². The minimum absolute atomic E-state index is 0.135. The molecule has 1 unspecified atom stereocenters. The van der Waals surface area contributed by atoms with Gasteiger partial charge in [-0.3, -0.25) is 4.79 Å². The van der Waals surface area contributed by atoms with Crippen molar-refractivity contribution in [3.05, 3.63) is 56.2 Å². The summed E-state index contributed by atoms with van der Waals surface area (Å²) in [6.45, 7) is 0. The third-order valence-corrected chi connectivity index (χ3v) is 4.76. The third-order valence-electron chi connectivity index (χ3n) is 3.17. The molecule has 0 aliphatic rings. The highest BCUT2D eigenvalue weighted by Gasteiger charge is 2.24. The molecule has 0 aliphatic heterocycles. The van der Waals surface area contributed by atoms with E-state index in [1.165, 1.54) is 4.88 Å². The monoisotopic (exact) mass is 337 g/mol. The summed E-state index contributed by atoms with van der Waals surface area (Å²) in [6.07, 6.45) is 1.91. The van der Waals surface area contributed by atoms with E-state index < -0.39 is 5.92 Å². The molecular weight excluding hydrogens is 325 g/mol. The molecule has 21 heavy (non-hydrogen) atoms. The van der Waals surface area contributed by atoms with Crippen molar-refractivity contribution in [3.8, 4) is 6.07 Å². The molecule has 0 fully saturated rings. The molecule has 0 radical (unpaired) electrons. The summed E-state index contributed by atoms with van der Waals surface area (Å²) >= 11 is 13.8. The number of carbonyl (C=O) groups is 1. The maximum atomic E-state index is 12.3. The van der Waals surface area contributed by atoms with E-state index in [9.17, 15) is 10.1 Å². The Labute approximate surface area is 137 Å². The highest BCUT2D eigenvalue weighted by Crippen LogP contribution is 2.32. The van der Waals surface area contributed by atoms with Gasteiger partial charge >= 0.3 is 0 Å². The van der Waals surface area contributed by atoms with E-state index in [1.54, 1.807) is 29.5 Å². The van der Waals surface area contributed by atoms with Gasteiger partial charge in [0.1, 0.15) is 5.92 Å². The number of aryl methyl sites for hydroxylation is 1. The number of nitrogens with zero attached hydrogens (tertiary/aromatic N) is 1. The molecular formula is C16H13Cl2NOS. The lowest BCUT2D eigenvalue weighted by molar-refractivity contribution is -0.119. The molecule has 1 atom stereocenters. The summed E-state index contributed by atoms with van der Waals surface area (Å²) in [6, 6.07) is 11.0. The Hall–Kier alpha value is -1.34. The minimum Gasteiger partial charge on any atom is -0.298 e. The van der Waals surface area contributed by atoms with E-state index in [-0.39, 0.29) is 5.78 Å². The average molecular weight is 338 g/mol. The van der Waals surface area contributed by atoms with Crippen LogP contribution in [0.5, 0.6) is 0 Å². The molecule has 108 valence electrons. The summed E-state index contributed by atoms with van der Waals surface area (Å²) in [5.41, 5.74) is 0.421. The molecule has 0 saturated heterocycles. The highest BCUT2D eigenvalue weighted by atomic mass is 35.5. The smallest absolute Gasteiger partial charge is 0.154 e. The predicted octanol–water partition coefficient (Wildman–Crippen LogP) is 5.25. The molecule has 0 aliphatic carbocycles. The number of ketones is 1. The van der Waals surface area contributed by atoms with Crippen LogP contribution in [0.25, 0.3) is 0 Å². The van der Waals surface area contributed by atoms with Crippen molar-refractivity contribution in [3.63, 3.8) is 0 Å². The molecule has 1 heterocycles. The Bertz CT molecular complexity index is 641. The van der Waals surface area contributed by atoms with Gasteiger partial charge in [0.2, 0.25) is 0 Å². The number of rotatable bonds is 6. The Kier molecular flexibility index (Phi) is 5.81. The average Bonchev–Trinajstić information content (AvgIpc) is 2.96. The number of thiophene rings is 1. The van der Waals surface area contributed by atoms with E-state index in [0.29, 0.717) is 22.0 Å². The Morgan fingerprint density at radius 2 is 1.95 bits per heavy atom. The first-order valence-corrected chi connectivity index (χ1v) is 8.15. The molecule has 0 spiro atoms. The number of benzene rings is 1. The van der Waals surface area contributed by atoms with Crippen LogP contribution in [0.3, 0.4) is 0 Å². The molecule has 2 rings (SSSR count). The second-order valence-corrected chi connectivity index (χ2v) is 6.44. The molecule has 1 aromatic heterocycles. The lowest BCUT2D eigenvalue weighted by Crippen LogP contribution is -2.12. The van der Waals surface area contributed by atoms with Gasteiger partial charge in [-0.05, 0) is 36.4 Å². The molecule has 0 amide bonds. The highest BCUT2D eigenvalue weighted by molar-refractivity contribution is 7.09. The number of Topliss-reactive ketones (excluding diaryl/α,β-unsaturated/α-hetero) is 1. The topological polar surface area (TPSA) is 40.9 Å². The van der Waals surface area contributed by atoms with Gasteiger partial charge in [0, 0.05) is 26.9 Å². The van der Waals surface area contributed by atoms with Crippen LogP contribution in [0.4, 0.5) is 0 Å². The number of halogens is 2. The van der Waals surface area contributed by atoms with Crippen LogP contribution >= 0.6 is 34.5 Å². The van der Waals surface area contributed by atoms with Crippen LogP contribution < -0.4 is 0 Å². The SMILES string of the molecule is N#CC(C(=O)CCCc1cccs1)c1c(Cl)cccc1Cl. The van der Waals surface area contributed by atoms with Crippen molar-refractivity contribution >= 4 is 40.3 Å². The second kappa shape index (κ2) is 7.61. The summed E-state index contributed by atoms with van der Waals surface area (Å²) in [4.78, 5) is 13.5. The molecule has 2 aromatic rings. The molecule has 5 heteroatoms. The van der Waals surface area contributed by atoms with E-state index >= 15 is 0 Å². The van der Waals surface area contributed by atoms with E-state index in [4.69, 9.17) is 23.2 Å². The van der Waals surface area contributed by atoms with Crippen molar-refractivity contribution in [2.24, 2.45) is 0 Å². The largest absolute Gasteiger partial charge is 0.298 e. The van der Waals surface area contributed by atoms with E-state index in [1.807, 2.05) is 23.6 Å². The maximum Gasteiger partial charge on any atom is 0.154 e. The van der Waals surface area contributed by atoms with Gasteiger partial charge in [0.15, 0.2) is 5.78 Å². The fourth-order valence-corrected chi connectivity index (χ4v) is 3.49. The molecule has 0 N–H and O–H groups in total. The van der Waals surface area contributed by atoms with Crippen LogP contribution in [-0.4, -0.2) is 5.78 Å². The number of nitriles is 1. The quantitative estimate of drug-likeness (QED) is 0.721. The van der Waals surface area contributed by atoms with Crippen molar-refractivity contribution < 1.29 is 4.79 Å². The normalized spacial score (nSPS) is 11.9. The fourth-order valence-electron chi connectivity index (χ4n) is 2.12. The standard InChI is InChI=1S/C16H13Cl2NOS/c17-13-6-2-7-14(18)16(13)12(10-19)15(20)8-1-4-11-5-3-9-21-11/h2-3,5-7,9,12H,1,4,8H2. The van der Waals surface area contributed by atoms with Gasteiger partial charge in [-0.15, -0.1) is 11.3 Å². The molecule has 1 aromatic carbocycles. The first-order valence-electron chi connectivity index (χ1n) is 6.52. The lowest BCUT2D eigenvalue weighted by atomic mass is 9.93. The molecule has 0 saturated carbocycles. The van der Waals surface area contributed by atoms with Gasteiger partial charge in [-0.2, -0.15) is 5.26 Å². The third kappa shape index (κ3) is 4.07. The number of hydrogen-bond acceptors (Lipinski definition) is 3. The first-order chi connectivity index (χ1) is 10.1. The number of hydrogen-bond donors (Lipinski definition) is 0. The zero-order chi connectivity index (χ0) is 15.2. The summed E-state index contributed by atoms with van der Waals surface area (Å²) in [5.74, 6) is -1.03. The van der Waals surface area contributed by atoms with Crippen LogP contribution in [0.1, 0.15) is 29.2 Å². The second-order valence-electron chi connectivity index (χ2n) is 4.60. The minimum atomic E-state index is -0.894. The molecule has 0 bridgehead atoms. The zero-order valence-corrected chi connectivity index (χ0v) is 13.5. The van der Waals surface area contributed by atoms with E-state index in [2.05, 4.69) is 0 Å². The van der Waals surface area contributed by atoms with Crippen LogP contribution in [0.15, 0.2) is 35.7 Å². The van der Waals surface area contributed by atoms with Crippen molar-refractivity contribution in [1.29, 1.82) is 5.26 Å². The van der Waals surface area contributed by atoms with Crippen LogP contribution in [0.2, 0.25) is 10.0 Å². The van der Waals surface area contributed by atoms with Gasteiger partial charge in [-0.1, -0.05) is 35.3 Å². The summed E-state index contributed by atoms with van der Waals surface area (Å²) < 4.78 is 0. The van der Waals surface area contributed by atoms with Crippen molar-refractivity contribution in [2.75, 3.05) is 0 Å².